The van der Waals surface area contributed by atoms with Crippen LogP contribution in [0.3, 0.4) is 0 Å². The molecule has 0 bridgehead atoms. The number of imidazole rings is 1. The molecule has 3 heterocycles. The Labute approximate surface area is 199 Å². The second-order valence-corrected chi connectivity index (χ2v) is 9.06. The number of pyridine rings is 1. The summed E-state index contributed by atoms with van der Waals surface area (Å²) in [5.41, 5.74) is 3.22. The summed E-state index contributed by atoms with van der Waals surface area (Å²) in [6, 6.07) is 4.52. The number of nitrogens with one attached hydrogen (secondary N) is 1. The molecule has 0 spiro atoms. The Bertz CT molecular complexity index is 1410. The van der Waals surface area contributed by atoms with Gasteiger partial charge in [-0.1, -0.05) is 0 Å². The third-order valence-electron chi connectivity index (χ3n) is 6.70. The Kier molecular flexibility index (Phi) is 5.96. The van der Waals surface area contributed by atoms with Gasteiger partial charge < -0.3 is 14.8 Å². The van der Waals surface area contributed by atoms with Gasteiger partial charge >= 0.3 is 0 Å². The van der Waals surface area contributed by atoms with E-state index in [1.165, 1.54) is 0 Å². The summed E-state index contributed by atoms with van der Waals surface area (Å²) < 4.78 is 44.8. The Hall–Kier alpha value is -3.82. The highest BCUT2D eigenvalue weighted by Crippen LogP contribution is 2.35. The van der Waals surface area contributed by atoms with Gasteiger partial charge in [0.15, 0.2) is 17.4 Å². The van der Waals surface area contributed by atoms with Crippen LogP contribution in [0.2, 0.25) is 0 Å². The SMILES string of the molecule is Cn1cc(-c2ccc3nc(C4CCC(CNC(=O)c5cc(F)c(O)c(F)c5F)CC4)cn3c2)cn1. The van der Waals surface area contributed by atoms with Crippen molar-refractivity contribution in [2.45, 2.75) is 31.6 Å². The first-order chi connectivity index (χ1) is 16.8. The molecule has 3 aromatic heterocycles. The minimum atomic E-state index is -1.77. The van der Waals surface area contributed by atoms with Crippen molar-refractivity contribution in [1.82, 2.24) is 24.5 Å². The van der Waals surface area contributed by atoms with E-state index in [1.807, 2.05) is 42.2 Å². The van der Waals surface area contributed by atoms with Crippen molar-refractivity contribution in [2.75, 3.05) is 6.54 Å². The predicted molar refractivity (Wildman–Crippen MR) is 122 cm³/mol. The number of carbonyl (C=O) groups excluding carboxylic acids is 1. The normalized spacial score (nSPS) is 18.2. The maximum absolute atomic E-state index is 13.9. The molecule has 35 heavy (non-hydrogen) atoms. The maximum atomic E-state index is 13.9. The summed E-state index contributed by atoms with van der Waals surface area (Å²) in [4.78, 5) is 17.0. The van der Waals surface area contributed by atoms with E-state index in [0.717, 1.165) is 48.2 Å². The fourth-order valence-corrected chi connectivity index (χ4v) is 4.69. The first-order valence-corrected chi connectivity index (χ1v) is 11.4. The highest BCUT2D eigenvalue weighted by atomic mass is 19.2. The van der Waals surface area contributed by atoms with E-state index in [0.29, 0.717) is 12.0 Å². The van der Waals surface area contributed by atoms with Gasteiger partial charge in [-0.3, -0.25) is 9.48 Å². The van der Waals surface area contributed by atoms with Gasteiger partial charge in [0.2, 0.25) is 5.82 Å². The predicted octanol–water partition coefficient (Wildman–Crippen LogP) is 4.56. The fraction of sp³-hybridized carbons (Fsp3) is 0.320. The molecule has 0 atom stereocenters. The molecule has 1 aliphatic carbocycles. The number of nitrogens with zero attached hydrogens (tertiary/aromatic N) is 4. The minimum absolute atomic E-state index is 0.166. The summed E-state index contributed by atoms with van der Waals surface area (Å²) in [6.07, 6.45) is 11.3. The number of rotatable bonds is 5. The molecule has 5 rings (SSSR count). The van der Waals surface area contributed by atoms with Gasteiger partial charge in [0.1, 0.15) is 5.65 Å². The molecule has 0 unspecified atom stereocenters. The van der Waals surface area contributed by atoms with Crippen LogP contribution in [0, 0.1) is 23.4 Å². The summed E-state index contributed by atoms with van der Waals surface area (Å²) in [7, 11) is 1.88. The smallest absolute Gasteiger partial charge is 0.254 e. The molecule has 1 amide bonds. The van der Waals surface area contributed by atoms with Gasteiger partial charge in [0.05, 0.1) is 17.5 Å². The van der Waals surface area contributed by atoms with Crippen molar-refractivity contribution in [3.63, 3.8) is 0 Å². The van der Waals surface area contributed by atoms with Crippen LogP contribution in [0.5, 0.6) is 5.75 Å². The number of benzene rings is 1. The monoisotopic (exact) mass is 483 g/mol. The van der Waals surface area contributed by atoms with Crippen molar-refractivity contribution >= 4 is 11.6 Å². The molecule has 1 fully saturated rings. The summed E-state index contributed by atoms with van der Waals surface area (Å²) >= 11 is 0. The average molecular weight is 483 g/mol. The average Bonchev–Trinajstić information content (AvgIpc) is 3.49. The molecular formula is C25H24F3N5O2. The highest BCUT2D eigenvalue weighted by Gasteiger charge is 2.26. The van der Waals surface area contributed by atoms with Crippen LogP contribution in [0.25, 0.3) is 16.8 Å². The quantitative estimate of drug-likeness (QED) is 0.408. The molecule has 2 N–H and O–H groups in total. The molecular weight excluding hydrogens is 459 g/mol. The van der Waals surface area contributed by atoms with Crippen molar-refractivity contribution < 1.29 is 23.1 Å². The van der Waals surface area contributed by atoms with Crippen molar-refractivity contribution in [3.05, 3.63) is 71.7 Å². The van der Waals surface area contributed by atoms with Crippen LogP contribution >= 0.6 is 0 Å². The molecule has 1 aliphatic rings. The Morgan fingerprint density at radius 3 is 2.57 bits per heavy atom. The Morgan fingerprint density at radius 2 is 1.86 bits per heavy atom. The molecule has 0 radical (unpaired) electrons. The Morgan fingerprint density at radius 1 is 1.09 bits per heavy atom. The molecule has 7 nitrogen and oxygen atoms in total. The van der Waals surface area contributed by atoms with Crippen LogP contribution < -0.4 is 5.32 Å². The number of hydrogen-bond acceptors (Lipinski definition) is 4. The van der Waals surface area contributed by atoms with E-state index < -0.39 is 34.7 Å². The van der Waals surface area contributed by atoms with Crippen LogP contribution in [0.4, 0.5) is 13.2 Å². The van der Waals surface area contributed by atoms with Crippen molar-refractivity contribution in [1.29, 1.82) is 0 Å². The van der Waals surface area contributed by atoms with E-state index >= 15 is 0 Å². The molecule has 0 saturated heterocycles. The van der Waals surface area contributed by atoms with Crippen molar-refractivity contribution in [2.24, 2.45) is 13.0 Å². The van der Waals surface area contributed by atoms with E-state index in [9.17, 15) is 18.0 Å². The molecule has 182 valence electrons. The molecule has 10 heteroatoms. The second kappa shape index (κ2) is 9.09. The highest BCUT2D eigenvalue weighted by molar-refractivity contribution is 5.94. The standard InChI is InChI=1S/C25H24F3N5O2/c1-32-11-17(10-30-32)16-6-7-21-31-20(13-33(21)12-16)15-4-2-14(3-5-15)9-29-25(35)18-8-19(26)24(34)23(28)22(18)27/h6-8,10-15,34H,2-5,9H2,1H3,(H,29,35). The number of fused-ring (bicyclic) bond motifs is 1. The van der Waals surface area contributed by atoms with Gasteiger partial charge in [0.25, 0.3) is 5.91 Å². The molecule has 0 aliphatic heterocycles. The lowest BCUT2D eigenvalue weighted by Gasteiger charge is -2.27. The summed E-state index contributed by atoms with van der Waals surface area (Å²) in [6.45, 7) is 0.273. The van der Waals surface area contributed by atoms with E-state index in [-0.39, 0.29) is 12.5 Å². The largest absolute Gasteiger partial charge is 0.503 e. The lowest BCUT2D eigenvalue weighted by Crippen LogP contribution is -2.32. The van der Waals surface area contributed by atoms with Crippen molar-refractivity contribution in [3.8, 4) is 16.9 Å². The Balaban J connectivity index is 1.19. The van der Waals surface area contributed by atoms with Crippen LogP contribution in [0.15, 0.2) is 43.0 Å². The third kappa shape index (κ3) is 4.48. The molecule has 1 saturated carbocycles. The summed E-state index contributed by atoms with van der Waals surface area (Å²) in [5.74, 6) is -6.60. The number of amides is 1. The third-order valence-corrected chi connectivity index (χ3v) is 6.70. The summed E-state index contributed by atoms with van der Waals surface area (Å²) in [5, 5.41) is 15.9. The van der Waals surface area contributed by atoms with Gasteiger partial charge in [-0.15, -0.1) is 0 Å². The van der Waals surface area contributed by atoms with Crippen LogP contribution in [-0.4, -0.2) is 36.7 Å². The lowest BCUT2D eigenvalue weighted by molar-refractivity contribution is 0.0937. The number of phenols is 1. The number of carbonyl (C=O) groups is 1. The number of aromatic nitrogens is 4. The topological polar surface area (TPSA) is 84.5 Å². The van der Waals surface area contributed by atoms with E-state index in [2.05, 4.69) is 16.6 Å². The van der Waals surface area contributed by atoms with Crippen LogP contribution in [-0.2, 0) is 7.05 Å². The van der Waals surface area contributed by atoms with E-state index in [4.69, 9.17) is 10.1 Å². The van der Waals surface area contributed by atoms with Gasteiger partial charge in [0, 0.05) is 49.2 Å². The number of halogens is 3. The fourth-order valence-electron chi connectivity index (χ4n) is 4.69. The number of aromatic hydroxyl groups is 1. The van der Waals surface area contributed by atoms with E-state index in [1.54, 1.807) is 4.68 Å². The zero-order valence-corrected chi connectivity index (χ0v) is 19.0. The first-order valence-electron chi connectivity index (χ1n) is 11.4. The second-order valence-electron chi connectivity index (χ2n) is 9.06. The number of phenolic OH excluding ortho intramolecular Hbond substituents is 1. The minimum Gasteiger partial charge on any atom is -0.503 e. The number of aryl methyl sites for hydroxylation is 1. The van der Waals surface area contributed by atoms with Crippen LogP contribution in [0.1, 0.15) is 47.7 Å². The maximum Gasteiger partial charge on any atom is 0.254 e. The van der Waals surface area contributed by atoms with Gasteiger partial charge in [-0.2, -0.15) is 9.49 Å². The van der Waals surface area contributed by atoms with Gasteiger partial charge in [-0.05, 0) is 49.8 Å². The zero-order chi connectivity index (χ0) is 24.7. The lowest BCUT2D eigenvalue weighted by atomic mass is 9.80. The molecule has 1 aromatic carbocycles. The zero-order valence-electron chi connectivity index (χ0n) is 19.0. The first kappa shape index (κ1) is 22.9. The number of hydrogen-bond donors (Lipinski definition) is 2. The molecule has 4 aromatic rings. The van der Waals surface area contributed by atoms with Gasteiger partial charge in [-0.25, -0.2) is 13.8 Å².